The maximum atomic E-state index is 13.7. The SMILES string of the molecule is Cc1cc(N)nc(-c2cc3ncnc(N4CCCCC4)c3cc2Cl)c1C(F)(F)F. The summed E-state index contributed by atoms with van der Waals surface area (Å²) < 4.78 is 41.2. The zero-order valence-corrected chi connectivity index (χ0v) is 16.5. The number of nitrogens with zero attached hydrogens (tertiary/aromatic N) is 4. The van der Waals surface area contributed by atoms with Crippen LogP contribution in [0.1, 0.15) is 30.4 Å². The second kappa shape index (κ2) is 7.33. The van der Waals surface area contributed by atoms with Gasteiger partial charge in [-0.25, -0.2) is 15.0 Å². The van der Waals surface area contributed by atoms with Crippen molar-refractivity contribution in [3.63, 3.8) is 0 Å². The molecule has 1 fully saturated rings. The number of rotatable bonds is 2. The zero-order valence-electron chi connectivity index (χ0n) is 15.7. The predicted molar refractivity (Wildman–Crippen MR) is 108 cm³/mol. The summed E-state index contributed by atoms with van der Waals surface area (Å²) in [6, 6.07) is 4.36. The van der Waals surface area contributed by atoms with Gasteiger partial charge >= 0.3 is 6.18 Å². The lowest BCUT2D eigenvalue weighted by atomic mass is 9.99. The van der Waals surface area contributed by atoms with Crippen molar-refractivity contribution in [2.24, 2.45) is 0 Å². The van der Waals surface area contributed by atoms with E-state index in [-0.39, 0.29) is 27.7 Å². The Labute approximate surface area is 170 Å². The van der Waals surface area contributed by atoms with Gasteiger partial charge in [0, 0.05) is 24.0 Å². The van der Waals surface area contributed by atoms with E-state index in [0.29, 0.717) is 10.9 Å². The van der Waals surface area contributed by atoms with Gasteiger partial charge in [0.2, 0.25) is 0 Å². The molecular formula is C20H19ClF3N5. The molecule has 1 aromatic carbocycles. The molecule has 2 N–H and O–H groups in total. The largest absolute Gasteiger partial charge is 0.418 e. The topological polar surface area (TPSA) is 67.9 Å². The van der Waals surface area contributed by atoms with Crippen molar-refractivity contribution in [2.45, 2.75) is 32.4 Å². The van der Waals surface area contributed by atoms with Crippen molar-refractivity contribution in [1.82, 2.24) is 15.0 Å². The van der Waals surface area contributed by atoms with Crippen LogP contribution in [0.15, 0.2) is 24.5 Å². The third-order valence-electron chi connectivity index (χ3n) is 5.13. The van der Waals surface area contributed by atoms with Crippen LogP contribution in [-0.4, -0.2) is 28.0 Å². The van der Waals surface area contributed by atoms with Gasteiger partial charge < -0.3 is 10.6 Å². The molecule has 1 saturated heterocycles. The summed E-state index contributed by atoms with van der Waals surface area (Å²) in [7, 11) is 0. The van der Waals surface area contributed by atoms with Crippen LogP contribution in [0.25, 0.3) is 22.2 Å². The number of alkyl halides is 3. The smallest absolute Gasteiger partial charge is 0.384 e. The average Bonchev–Trinajstić information content (AvgIpc) is 2.66. The summed E-state index contributed by atoms with van der Waals surface area (Å²) in [4.78, 5) is 14.8. The number of hydrogen-bond donors (Lipinski definition) is 1. The van der Waals surface area contributed by atoms with E-state index < -0.39 is 11.7 Å². The first-order valence-electron chi connectivity index (χ1n) is 9.29. The van der Waals surface area contributed by atoms with Crippen LogP contribution in [-0.2, 0) is 6.18 Å². The molecule has 5 nitrogen and oxygen atoms in total. The minimum atomic E-state index is -4.59. The fourth-order valence-electron chi connectivity index (χ4n) is 3.85. The van der Waals surface area contributed by atoms with Gasteiger partial charge in [-0.15, -0.1) is 0 Å². The van der Waals surface area contributed by atoms with Crippen molar-refractivity contribution >= 4 is 34.1 Å². The highest BCUT2D eigenvalue weighted by Crippen LogP contribution is 2.42. The summed E-state index contributed by atoms with van der Waals surface area (Å²) in [5, 5.41) is 0.853. The molecule has 0 spiro atoms. The van der Waals surface area contributed by atoms with Crippen LogP contribution >= 0.6 is 11.6 Å². The highest BCUT2D eigenvalue weighted by molar-refractivity contribution is 6.34. The van der Waals surface area contributed by atoms with Gasteiger partial charge in [0.25, 0.3) is 0 Å². The molecule has 3 heterocycles. The molecule has 0 atom stereocenters. The molecule has 0 unspecified atom stereocenters. The first-order chi connectivity index (χ1) is 13.8. The van der Waals surface area contributed by atoms with E-state index in [1.165, 1.54) is 31.8 Å². The normalized spacial score (nSPS) is 15.1. The second-order valence-electron chi connectivity index (χ2n) is 7.18. The van der Waals surface area contributed by atoms with E-state index in [0.717, 1.165) is 31.7 Å². The molecule has 1 aliphatic heterocycles. The first-order valence-corrected chi connectivity index (χ1v) is 9.67. The van der Waals surface area contributed by atoms with Crippen molar-refractivity contribution in [1.29, 1.82) is 0 Å². The minimum Gasteiger partial charge on any atom is -0.384 e. The van der Waals surface area contributed by atoms with Crippen LogP contribution < -0.4 is 10.6 Å². The number of pyridine rings is 1. The summed E-state index contributed by atoms with van der Waals surface area (Å²) >= 11 is 6.45. The van der Waals surface area contributed by atoms with Gasteiger partial charge in [-0.3, -0.25) is 0 Å². The number of aromatic nitrogens is 3. The molecule has 0 bridgehead atoms. The third-order valence-corrected chi connectivity index (χ3v) is 5.45. The minimum absolute atomic E-state index is 0.00152. The van der Waals surface area contributed by atoms with E-state index >= 15 is 0 Å². The summed E-state index contributed by atoms with van der Waals surface area (Å²) in [5.74, 6) is 0.745. The van der Waals surface area contributed by atoms with Crippen molar-refractivity contribution < 1.29 is 13.2 Å². The maximum absolute atomic E-state index is 13.7. The second-order valence-corrected chi connectivity index (χ2v) is 7.59. The monoisotopic (exact) mass is 421 g/mol. The predicted octanol–water partition coefficient (Wildman–Crippen LogP) is 5.24. The zero-order chi connectivity index (χ0) is 20.8. The summed E-state index contributed by atoms with van der Waals surface area (Å²) in [5.41, 5.74) is 5.25. The number of fused-ring (bicyclic) bond motifs is 1. The van der Waals surface area contributed by atoms with Crippen LogP contribution in [0.4, 0.5) is 24.8 Å². The highest BCUT2D eigenvalue weighted by Gasteiger charge is 2.37. The standard InChI is InChI=1S/C20H19ClF3N5/c1-11-7-16(25)28-18(17(11)20(22,23)24)12-9-15-13(8-14(12)21)19(27-10-26-15)29-5-3-2-4-6-29/h7-10H,2-6H2,1H3,(H2,25,28). The summed E-state index contributed by atoms with van der Waals surface area (Å²) in [6.45, 7) is 3.11. The Morgan fingerprint density at radius 3 is 2.48 bits per heavy atom. The number of halogens is 4. The lowest BCUT2D eigenvalue weighted by Crippen LogP contribution is -2.30. The molecule has 1 aliphatic rings. The van der Waals surface area contributed by atoms with Crippen molar-refractivity contribution in [2.75, 3.05) is 23.7 Å². The number of hydrogen-bond acceptors (Lipinski definition) is 5. The molecular weight excluding hydrogens is 403 g/mol. The Kier molecular flexibility index (Phi) is 4.98. The highest BCUT2D eigenvalue weighted by atomic mass is 35.5. The quantitative estimate of drug-likeness (QED) is 0.612. The molecule has 4 rings (SSSR count). The lowest BCUT2D eigenvalue weighted by Gasteiger charge is -2.28. The van der Waals surface area contributed by atoms with Crippen LogP contribution in [0.2, 0.25) is 5.02 Å². The van der Waals surface area contributed by atoms with E-state index in [4.69, 9.17) is 17.3 Å². The maximum Gasteiger partial charge on any atom is 0.418 e. The average molecular weight is 422 g/mol. The third kappa shape index (κ3) is 3.69. The number of benzene rings is 1. The Morgan fingerprint density at radius 1 is 1.07 bits per heavy atom. The molecule has 2 aromatic heterocycles. The van der Waals surface area contributed by atoms with Gasteiger partial charge in [-0.1, -0.05) is 11.6 Å². The van der Waals surface area contributed by atoms with Gasteiger partial charge in [0.15, 0.2) is 0 Å². The Morgan fingerprint density at radius 2 is 1.79 bits per heavy atom. The molecule has 3 aromatic rings. The lowest BCUT2D eigenvalue weighted by molar-refractivity contribution is -0.137. The number of nitrogen functional groups attached to an aromatic ring is 1. The summed E-state index contributed by atoms with van der Waals surface area (Å²) in [6.07, 6.45) is 0.137. The van der Waals surface area contributed by atoms with Gasteiger partial charge in [-0.2, -0.15) is 13.2 Å². The Balaban J connectivity index is 1.92. The van der Waals surface area contributed by atoms with E-state index in [9.17, 15) is 13.2 Å². The van der Waals surface area contributed by atoms with Crippen molar-refractivity contribution in [3.8, 4) is 11.3 Å². The van der Waals surface area contributed by atoms with Crippen LogP contribution in [0, 0.1) is 6.92 Å². The molecule has 0 aliphatic carbocycles. The van der Waals surface area contributed by atoms with E-state index in [1.807, 2.05) is 0 Å². The number of nitrogens with two attached hydrogens (primary N) is 1. The first kappa shape index (κ1) is 19.7. The van der Waals surface area contributed by atoms with E-state index in [2.05, 4.69) is 19.9 Å². The van der Waals surface area contributed by atoms with Crippen molar-refractivity contribution in [3.05, 3.63) is 40.7 Å². The van der Waals surface area contributed by atoms with Crippen LogP contribution in [0.5, 0.6) is 0 Å². The molecule has 0 amide bonds. The molecule has 0 radical (unpaired) electrons. The van der Waals surface area contributed by atoms with Crippen LogP contribution in [0.3, 0.4) is 0 Å². The number of piperidine rings is 1. The Hall–Kier alpha value is -2.61. The fourth-order valence-corrected chi connectivity index (χ4v) is 4.11. The number of aryl methyl sites for hydroxylation is 1. The Bertz CT molecular complexity index is 1080. The molecule has 9 heteroatoms. The fraction of sp³-hybridized carbons (Fsp3) is 0.350. The van der Waals surface area contributed by atoms with Gasteiger partial charge in [0.05, 0.1) is 21.8 Å². The van der Waals surface area contributed by atoms with E-state index in [1.54, 1.807) is 6.07 Å². The molecule has 29 heavy (non-hydrogen) atoms. The number of anilines is 2. The van der Waals surface area contributed by atoms with Gasteiger partial charge in [0.1, 0.15) is 18.0 Å². The molecule has 152 valence electrons. The van der Waals surface area contributed by atoms with Gasteiger partial charge in [-0.05, 0) is 49.9 Å². The molecule has 0 saturated carbocycles.